The first-order valence-electron chi connectivity index (χ1n) is 13.8. The van der Waals surface area contributed by atoms with Crippen LogP contribution < -0.4 is 4.90 Å². The summed E-state index contributed by atoms with van der Waals surface area (Å²) >= 11 is 0. The van der Waals surface area contributed by atoms with Crippen molar-refractivity contribution < 1.29 is 4.79 Å². The topological polar surface area (TPSA) is 26.8 Å². The molecular formula is C32H37N3O. The third-order valence-electron chi connectivity index (χ3n) is 8.54. The number of amides is 1. The SMILES string of the molecule is O=C(c1ccc(-c2ccccc2)cc1)N1CCN(c2ccc3c(c2)CCN(C2CCCC2)CC3)CC1. The fraction of sp³-hybridized carbons (Fsp3) is 0.406. The van der Waals surface area contributed by atoms with Crippen LogP contribution in [0.25, 0.3) is 11.1 Å². The number of carbonyl (C=O) groups is 1. The van der Waals surface area contributed by atoms with E-state index in [2.05, 4.69) is 52.3 Å². The number of benzene rings is 3. The second kappa shape index (κ2) is 10.5. The Morgan fingerprint density at radius 3 is 2.06 bits per heavy atom. The second-order valence-corrected chi connectivity index (χ2v) is 10.6. The lowest BCUT2D eigenvalue weighted by molar-refractivity contribution is 0.0747. The Balaban J connectivity index is 1.06. The van der Waals surface area contributed by atoms with E-state index >= 15 is 0 Å². The zero-order chi connectivity index (χ0) is 24.3. The number of piperazine rings is 1. The molecule has 3 aromatic carbocycles. The van der Waals surface area contributed by atoms with Gasteiger partial charge in [-0.05, 0) is 72.2 Å². The number of rotatable bonds is 4. The highest BCUT2D eigenvalue weighted by atomic mass is 16.2. The van der Waals surface area contributed by atoms with E-state index in [4.69, 9.17) is 0 Å². The first-order chi connectivity index (χ1) is 17.7. The highest BCUT2D eigenvalue weighted by molar-refractivity contribution is 5.95. The fourth-order valence-corrected chi connectivity index (χ4v) is 6.35. The van der Waals surface area contributed by atoms with Crippen LogP contribution in [0.2, 0.25) is 0 Å². The molecule has 2 heterocycles. The van der Waals surface area contributed by atoms with Crippen molar-refractivity contribution in [2.75, 3.05) is 44.2 Å². The van der Waals surface area contributed by atoms with Crippen molar-refractivity contribution in [3.63, 3.8) is 0 Å². The third kappa shape index (κ3) is 4.92. The second-order valence-electron chi connectivity index (χ2n) is 10.6. The molecule has 4 nitrogen and oxygen atoms in total. The van der Waals surface area contributed by atoms with Crippen LogP contribution in [0, 0.1) is 0 Å². The summed E-state index contributed by atoms with van der Waals surface area (Å²) in [6, 6.07) is 26.3. The first kappa shape index (κ1) is 23.3. The van der Waals surface area contributed by atoms with Gasteiger partial charge >= 0.3 is 0 Å². The summed E-state index contributed by atoms with van der Waals surface area (Å²) < 4.78 is 0. The molecule has 186 valence electrons. The molecule has 0 radical (unpaired) electrons. The summed E-state index contributed by atoms with van der Waals surface area (Å²) in [4.78, 5) is 20.4. The van der Waals surface area contributed by atoms with E-state index in [1.54, 1.807) is 0 Å². The predicted octanol–water partition coefficient (Wildman–Crippen LogP) is 5.66. The van der Waals surface area contributed by atoms with Crippen molar-refractivity contribution in [3.8, 4) is 11.1 Å². The lowest BCUT2D eigenvalue weighted by Gasteiger charge is -2.36. The van der Waals surface area contributed by atoms with Crippen molar-refractivity contribution in [2.24, 2.45) is 0 Å². The van der Waals surface area contributed by atoms with E-state index in [-0.39, 0.29) is 5.91 Å². The van der Waals surface area contributed by atoms with Crippen LogP contribution in [-0.4, -0.2) is 61.0 Å². The molecule has 1 aliphatic carbocycles. The minimum atomic E-state index is 0.142. The van der Waals surface area contributed by atoms with Gasteiger partial charge in [0.15, 0.2) is 0 Å². The summed E-state index contributed by atoms with van der Waals surface area (Å²) in [6.07, 6.45) is 7.94. The number of anilines is 1. The largest absolute Gasteiger partial charge is 0.368 e. The van der Waals surface area contributed by atoms with Gasteiger partial charge in [0.05, 0.1) is 0 Å². The molecule has 0 N–H and O–H groups in total. The number of carbonyl (C=O) groups excluding carboxylic acids is 1. The van der Waals surface area contributed by atoms with Crippen LogP contribution in [-0.2, 0) is 12.8 Å². The monoisotopic (exact) mass is 479 g/mol. The van der Waals surface area contributed by atoms with E-state index in [0.717, 1.165) is 49.8 Å². The Bertz CT molecular complexity index is 1180. The van der Waals surface area contributed by atoms with Crippen LogP contribution in [0.1, 0.15) is 47.2 Å². The summed E-state index contributed by atoms with van der Waals surface area (Å²) in [5, 5.41) is 0. The molecule has 3 aliphatic rings. The quantitative estimate of drug-likeness (QED) is 0.483. The zero-order valence-corrected chi connectivity index (χ0v) is 21.2. The Morgan fingerprint density at radius 1 is 0.667 bits per heavy atom. The van der Waals surface area contributed by atoms with E-state index in [1.807, 2.05) is 35.2 Å². The fourth-order valence-electron chi connectivity index (χ4n) is 6.35. The molecular weight excluding hydrogens is 442 g/mol. The zero-order valence-electron chi connectivity index (χ0n) is 21.2. The molecule has 2 fully saturated rings. The normalized spacial score (nSPS) is 19.2. The molecule has 6 rings (SSSR count). The van der Waals surface area contributed by atoms with Crippen molar-refractivity contribution >= 4 is 11.6 Å². The lowest BCUT2D eigenvalue weighted by atomic mass is 10.0. The van der Waals surface area contributed by atoms with Gasteiger partial charge in [-0.2, -0.15) is 0 Å². The number of nitrogens with zero attached hydrogens (tertiary/aromatic N) is 3. The van der Waals surface area contributed by atoms with Crippen molar-refractivity contribution in [1.29, 1.82) is 0 Å². The Kier molecular flexibility index (Phi) is 6.78. The van der Waals surface area contributed by atoms with Crippen molar-refractivity contribution in [2.45, 2.75) is 44.6 Å². The maximum absolute atomic E-state index is 13.2. The maximum atomic E-state index is 13.2. The molecule has 4 heteroatoms. The summed E-state index contributed by atoms with van der Waals surface area (Å²) in [6.45, 7) is 5.73. The highest BCUT2D eigenvalue weighted by Gasteiger charge is 2.26. The van der Waals surface area contributed by atoms with E-state index in [9.17, 15) is 4.79 Å². The van der Waals surface area contributed by atoms with Gasteiger partial charge in [-0.3, -0.25) is 9.69 Å². The van der Waals surface area contributed by atoms with Crippen LogP contribution in [0.5, 0.6) is 0 Å². The Hall–Kier alpha value is -3.11. The van der Waals surface area contributed by atoms with Gasteiger partial charge in [-0.15, -0.1) is 0 Å². The predicted molar refractivity (Wildman–Crippen MR) is 148 cm³/mol. The number of fused-ring (bicyclic) bond motifs is 1. The molecule has 1 amide bonds. The molecule has 2 aliphatic heterocycles. The van der Waals surface area contributed by atoms with Crippen LogP contribution in [0.3, 0.4) is 0 Å². The van der Waals surface area contributed by atoms with Gasteiger partial charge in [-0.1, -0.05) is 61.4 Å². The van der Waals surface area contributed by atoms with Crippen LogP contribution in [0.15, 0.2) is 72.8 Å². The standard InChI is InChI=1S/C32H37N3O/c36-32(28-12-10-26(11-13-28)25-6-2-1-3-7-25)35-22-20-34(21-23-35)31-15-14-27-16-18-33(19-17-29(27)24-31)30-8-4-5-9-30/h1-3,6-7,10-15,24,30H,4-5,8-9,16-23H2. The van der Waals surface area contributed by atoms with Gasteiger partial charge in [-0.25, -0.2) is 0 Å². The van der Waals surface area contributed by atoms with Gasteiger partial charge in [0.25, 0.3) is 5.91 Å². The molecule has 36 heavy (non-hydrogen) atoms. The summed E-state index contributed by atoms with van der Waals surface area (Å²) in [7, 11) is 0. The Labute approximate surface area is 215 Å². The molecule has 3 aromatic rings. The van der Waals surface area contributed by atoms with Gasteiger partial charge in [0.2, 0.25) is 0 Å². The maximum Gasteiger partial charge on any atom is 0.253 e. The smallest absolute Gasteiger partial charge is 0.253 e. The van der Waals surface area contributed by atoms with Crippen LogP contribution >= 0.6 is 0 Å². The highest BCUT2D eigenvalue weighted by Crippen LogP contribution is 2.29. The summed E-state index contributed by atoms with van der Waals surface area (Å²) in [5.41, 5.74) is 7.49. The minimum absolute atomic E-state index is 0.142. The van der Waals surface area contributed by atoms with Gasteiger partial charge in [0, 0.05) is 56.6 Å². The molecule has 0 bridgehead atoms. The minimum Gasteiger partial charge on any atom is -0.368 e. The van der Waals surface area contributed by atoms with E-state index < -0.39 is 0 Å². The van der Waals surface area contributed by atoms with Crippen molar-refractivity contribution in [3.05, 3.63) is 89.5 Å². The Morgan fingerprint density at radius 2 is 1.33 bits per heavy atom. The molecule has 1 saturated carbocycles. The molecule has 0 unspecified atom stereocenters. The summed E-state index contributed by atoms with van der Waals surface area (Å²) in [5.74, 6) is 0.142. The average molecular weight is 480 g/mol. The van der Waals surface area contributed by atoms with Crippen molar-refractivity contribution in [1.82, 2.24) is 9.80 Å². The first-order valence-corrected chi connectivity index (χ1v) is 13.8. The molecule has 1 saturated heterocycles. The number of hydrogen-bond acceptors (Lipinski definition) is 3. The average Bonchev–Trinajstić information content (AvgIpc) is 3.40. The van der Waals surface area contributed by atoms with E-state index in [0.29, 0.717) is 0 Å². The molecule has 0 aromatic heterocycles. The van der Waals surface area contributed by atoms with E-state index in [1.165, 1.54) is 67.6 Å². The van der Waals surface area contributed by atoms with Crippen LogP contribution in [0.4, 0.5) is 5.69 Å². The lowest BCUT2D eigenvalue weighted by Crippen LogP contribution is -2.48. The molecule has 0 spiro atoms. The van der Waals surface area contributed by atoms with Gasteiger partial charge < -0.3 is 9.80 Å². The number of hydrogen-bond donors (Lipinski definition) is 0. The molecule has 0 atom stereocenters. The third-order valence-corrected chi connectivity index (χ3v) is 8.54. The van der Waals surface area contributed by atoms with Gasteiger partial charge in [0.1, 0.15) is 0 Å².